The predicted molar refractivity (Wildman–Crippen MR) is 71.6 cm³/mol. The van der Waals surface area contributed by atoms with Gasteiger partial charge in [0.15, 0.2) is 0 Å². The van der Waals surface area contributed by atoms with E-state index >= 15 is 0 Å². The van der Waals surface area contributed by atoms with Gasteiger partial charge in [-0.2, -0.15) is 24.9 Å². The Morgan fingerprint density at radius 3 is 2.40 bits per heavy atom. The Hall–Kier alpha value is -1.31. The van der Waals surface area contributed by atoms with Crippen LogP contribution in [0, 0.1) is 0 Å². The molecule has 0 radical (unpaired) electrons. The summed E-state index contributed by atoms with van der Waals surface area (Å²) in [5, 5.41) is 0. The van der Waals surface area contributed by atoms with Crippen molar-refractivity contribution < 1.29 is 18.0 Å². The molecule has 1 amide bonds. The van der Waals surface area contributed by atoms with Crippen LogP contribution in [0.25, 0.3) is 0 Å². The molecule has 0 aliphatic heterocycles. The second kappa shape index (κ2) is 6.92. The highest BCUT2D eigenvalue weighted by atomic mass is 32.2. The maximum absolute atomic E-state index is 12.3. The van der Waals surface area contributed by atoms with Crippen LogP contribution in [0.5, 0.6) is 0 Å². The molecular formula is C12H16F3N3OS. The van der Waals surface area contributed by atoms with Crippen LogP contribution in [-0.4, -0.2) is 45.4 Å². The summed E-state index contributed by atoms with van der Waals surface area (Å²) >= 11 is 1.69. The quantitative estimate of drug-likeness (QED) is 0.839. The van der Waals surface area contributed by atoms with Crippen molar-refractivity contribution in [3.05, 3.63) is 23.8 Å². The van der Waals surface area contributed by atoms with Crippen LogP contribution in [0.2, 0.25) is 0 Å². The van der Waals surface area contributed by atoms with Gasteiger partial charge in [-0.1, -0.05) is 6.92 Å². The maximum Gasteiger partial charge on any atom is 0.451 e. The number of nitrogens with zero attached hydrogens (tertiary/aromatic N) is 3. The Balaban J connectivity index is 2.77. The minimum absolute atomic E-state index is 0.0188. The van der Waals surface area contributed by atoms with Gasteiger partial charge in [-0.25, -0.2) is 9.97 Å². The van der Waals surface area contributed by atoms with Crippen molar-refractivity contribution in [3.8, 4) is 0 Å². The predicted octanol–water partition coefficient (Wildman–Crippen LogP) is 2.71. The van der Waals surface area contributed by atoms with Crippen LogP contribution < -0.4 is 0 Å². The highest BCUT2D eigenvalue weighted by Gasteiger charge is 2.34. The normalized spacial score (nSPS) is 13.1. The Kier molecular flexibility index (Phi) is 5.79. The van der Waals surface area contributed by atoms with Gasteiger partial charge in [-0.05, 0) is 12.7 Å². The molecule has 0 aromatic carbocycles. The molecule has 0 aliphatic rings. The largest absolute Gasteiger partial charge is 0.451 e. The van der Waals surface area contributed by atoms with E-state index in [1.54, 1.807) is 18.8 Å². The third-order valence-corrected chi connectivity index (χ3v) is 3.82. The molecule has 8 heteroatoms. The van der Waals surface area contributed by atoms with E-state index in [9.17, 15) is 18.0 Å². The summed E-state index contributed by atoms with van der Waals surface area (Å²) in [6, 6.07) is -0.0188. The van der Waals surface area contributed by atoms with Gasteiger partial charge in [-0.3, -0.25) is 4.79 Å². The molecule has 112 valence electrons. The van der Waals surface area contributed by atoms with Crippen molar-refractivity contribution in [2.75, 3.05) is 18.6 Å². The molecule has 1 aromatic heterocycles. The molecule has 0 bridgehead atoms. The number of aromatic nitrogens is 2. The van der Waals surface area contributed by atoms with Crippen LogP contribution in [-0.2, 0) is 6.18 Å². The van der Waals surface area contributed by atoms with Crippen molar-refractivity contribution in [3.63, 3.8) is 0 Å². The van der Waals surface area contributed by atoms with Crippen molar-refractivity contribution in [1.29, 1.82) is 0 Å². The van der Waals surface area contributed by atoms with Gasteiger partial charge in [0.2, 0.25) is 5.82 Å². The zero-order chi connectivity index (χ0) is 15.3. The highest BCUT2D eigenvalue weighted by molar-refractivity contribution is 7.99. The summed E-state index contributed by atoms with van der Waals surface area (Å²) in [6.45, 7) is 3.90. The first-order valence-corrected chi connectivity index (χ1v) is 7.17. The molecule has 0 saturated heterocycles. The van der Waals surface area contributed by atoms with Gasteiger partial charge in [0.05, 0.1) is 5.56 Å². The third-order valence-electron chi connectivity index (χ3n) is 2.70. The molecule has 1 rings (SSSR count). The van der Waals surface area contributed by atoms with Crippen molar-refractivity contribution in [1.82, 2.24) is 14.9 Å². The van der Waals surface area contributed by atoms with Gasteiger partial charge < -0.3 is 4.90 Å². The second-order valence-electron chi connectivity index (χ2n) is 4.22. The van der Waals surface area contributed by atoms with Crippen molar-refractivity contribution in [2.24, 2.45) is 0 Å². The zero-order valence-corrected chi connectivity index (χ0v) is 12.3. The molecule has 1 heterocycles. The molecular weight excluding hydrogens is 291 g/mol. The molecule has 0 spiro atoms. The first kappa shape index (κ1) is 16.7. The number of alkyl halides is 3. The monoisotopic (exact) mass is 307 g/mol. The molecule has 0 saturated carbocycles. The van der Waals surface area contributed by atoms with E-state index in [0.717, 1.165) is 23.9 Å². The number of rotatable bonds is 5. The lowest BCUT2D eigenvalue weighted by Crippen LogP contribution is -2.36. The Labute approximate surface area is 119 Å². The van der Waals surface area contributed by atoms with Gasteiger partial charge >= 0.3 is 6.18 Å². The Bertz CT molecular complexity index is 450. The summed E-state index contributed by atoms with van der Waals surface area (Å²) in [5.74, 6) is 0.0740. The number of halogens is 3. The van der Waals surface area contributed by atoms with Crippen LogP contribution >= 0.6 is 11.8 Å². The Morgan fingerprint density at radius 2 is 1.95 bits per heavy atom. The average molecular weight is 307 g/mol. The lowest BCUT2D eigenvalue weighted by Gasteiger charge is -2.24. The summed E-state index contributed by atoms with van der Waals surface area (Å²) in [5.41, 5.74) is 0.0499. The lowest BCUT2D eigenvalue weighted by atomic mass is 10.2. The summed E-state index contributed by atoms with van der Waals surface area (Å²) in [6.07, 6.45) is -2.78. The van der Waals surface area contributed by atoms with Gasteiger partial charge in [0.1, 0.15) is 0 Å². The van der Waals surface area contributed by atoms with Gasteiger partial charge in [0, 0.05) is 31.2 Å². The Morgan fingerprint density at radius 1 is 1.40 bits per heavy atom. The fourth-order valence-electron chi connectivity index (χ4n) is 1.39. The lowest BCUT2D eigenvalue weighted by molar-refractivity contribution is -0.145. The SMILES string of the molecule is CCSCC(C)N(C)C(=O)c1cnc(C(F)(F)F)nc1. The van der Waals surface area contributed by atoms with E-state index in [1.165, 1.54) is 4.90 Å². The van der Waals surface area contributed by atoms with Gasteiger partial charge in [0.25, 0.3) is 5.91 Å². The third kappa shape index (κ3) is 4.36. The van der Waals surface area contributed by atoms with Gasteiger partial charge in [-0.15, -0.1) is 0 Å². The number of carbonyl (C=O) groups is 1. The molecule has 0 N–H and O–H groups in total. The fraction of sp³-hybridized carbons (Fsp3) is 0.583. The topological polar surface area (TPSA) is 46.1 Å². The van der Waals surface area contributed by atoms with E-state index in [0.29, 0.717) is 0 Å². The summed E-state index contributed by atoms with van der Waals surface area (Å²) < 4.78 is 37.0. The minimum Gasteiger partial charge on any atom is -0.338 e. The second-order valence-corrected chi connectivity index (χ2v) is 5.54. The average Bonchev–Trinajstić information content (AvgIpc) is 2.42. The van der Waals surface area contributed by atoms with Crippen molar-refractivity contribution in [2.45, 2.75) is 26.1 Å². The van der Waals surface area contributed by atoms with E-state index < -0.39 is 12.0 Å². The maximum atomic E-state index is 12.3. The number of thioether (sulfide) groups is 1. The number of amides is 1. The fourth-order valence-corrected chi connectivity index (χ4v) is 2.19. The number of hydrogen-bond acceptors (Lipinski definition) is 4. The smallest absolute Gasteiger partial charge is 0.338 e. The summed E-state index contributed by atoms with van der Waals surface area (Å²) in [4.78, 5) is 19.9. The number of carbonyl (C=O) groups excluding carboxylic acids is 1. The zero-order valence-electron chi connectivity index (χ0n) is 11.4. The molecule has 0 aliphatic carbocycles. The first-order valence-electron chi connectivity index (χ1n) is 6.01. The number of hydrogen-bond donors (Lipinski definition) is 0. The minimum atomic E-state index is -4.60. The molecule has 0 fully saturated rings. The van der Waals surface area contributed by atoms with E-state index in [2.05, 4.69) is 9.97 Å². The molecule has 4 nitrogen and oxygen atoms in total. The van der Waals surface area contributed by atoms with Crippen LogP contribution in [0.3, 0.4) is 0 Å². The molecule has 20 heavy (non-hydrogen) atoms. The first-order chi connectivity index (χ1) is 9.27. The van der Waals surface area contributed by atoms with E-state index in [-0.39, 0.29) is 17.5 Å². The summed E-state index contributed by atoms with van der Waals surface area (Å²) in [7, 11) is 1.61. The molecule has 1 aromatic rings. The van der Waals surface area contributed by atoms with Crippen molar-refractivity contribution >= 4 is 17.7 Å². The van der Waals surface area contributed by atoms with Crippen LogP contribution in [0.15, 0.2) is 12.4 Å². The van der Waals surface area contributed by atoms with Crippen LogP contribution in [0.1, 0.15) is 30.0 Å². The van der Waals surface area contributed by atoms with E-state index in [4.69, 9.17) is 0 Å². The molecule has 1 unspecified atom stereocenters. The standard InChI is InChI=1S/C12H16F3N3OS/c1-4-20-7-8(2)18(3)10(19)9-5-16-11(17-6-9)12(13,14)15/h5-6,8H,4,7H2,1-3H3. The molecule has 1 atom stereocenters. The van der Waals surface area contributed by atoms with Crippen LogP contribution in [0.4, 0.5) is 13.2 Å². The van der Waals surface area contributed by atoms with E-state index in [1.807, 2.05) is 13.8 Å². The highest BCUT2D eigenvalue weighted by Crippen LogP contribution is 2.25.